The van der Waals surface area contributed by atoms with Gasteiger partial charge in [0.15, 0.2) is 0 Å². The fourth-order valence-corrected chi connectivity index (χ4v) is 2.53. The van der Waals surface area contributed by atoms with Crippen LogP contribution in [0.25, 0.3) is 0 Å². The van der Waals surface area contributed by atoms with Crippen LogP contribution >= 0.6 is 27.5 Å². The van der Waals surface area contributed by atoms with E-state index in [1.165, 1.54) is 18.2 Å². The molecule has 1 amide bonds. The molecule has 0 aliphatic rings. The topological polar surface area (TPSA) is 29.1 Å². The third kappa shape index (κ3) is 3.19. The van der Waals surface area contributed by atoms with E-state index in [9.17, 15) is 9.18 Å². The number of hydrogen-bond donors (Lipinski definition) is 1. The Kier molecular flexibility index (Phi) is 4.45. The van der Waals surface area contributed by atoms with E-state index in [0.717, 1.165) is 10.0 Å². The van der Waals surface area contributed by atoms with E-state index in [2.05, 4.69) is 21.2 Å². The van der Waals surface area contributed by atoms with Crippen LogP contribution in [0, 0.1) is 19.7 Å². The summed E-state index contributed by atoms with van der Waals surface area (Å²) >= 11 is 9.42. The monoisotopic (exact) mass is 355 g/mol. The Bertz CT molecular complexity index is 688. The quantitative estimate of drug-likeness (QED) is 0.796. The highest BCUT2D eigenvalue weighted by Crippen LogP contribution is 2.29. The first-order valence-corrected chi connectivity index (χ1v) is 7.08. The fraction of sp³-hybridized carbons (Fsp3) is 0.133. The van der Waals surface area contributed by atoms with E-state index in [0.29, 0.717) is 21.8 Å². The van der Waals surface area contributed by atoms with E-state index in [4.69, 9.17) is 11.6 Å². The van der Waals surface area contributed by atoms with Gasteiger partial charge in [0.05, 0.1) is 5.69 Å². The predicted octanol–water partition coefficient (Wildman–Crippen LogP) is 5.11. The second-order valence-electron chi connectivity index (χ2n) is 4.49. The minimum Gasteiger partial charge on any atom is -0.321 e. The molecular formula is C15H12BrClFNO. The van der Waals surface area contributed by atoms with Gasteiger partial charge in [-0.05, 0) is 71.2 Å². The zero-order valence-electron chi connectivity index (χ0n) is 10.9. The van der Waals surface area contributed by atoms with E-state index in [1.54, 1.807) is 13.0 Å². The number of hydrogen-bond acceptors (Lipinski definition) is 1. The minimum absolute atomic E-state index is 0.303. The first-order chi connectivity index (χ1) is 9.38. The molecule has 0 unspecified atom stereocenters. The second-order valence-corrected chi connectivity index (χ2v) is 5.76. The van der Waals surface area contributed by atoms with Gasteiger partial charge in [0, 0.05) is 15.1 Å². The van der Waals surface area contributed by atoms with Gasteiger partial charge in [-0.1, -0.05) is 11.6 Å². The van der Waals surface area contributed by atoms with Gasteiger partial charge in [0.25, 0.3) is 5.91 Å². The van der Waals surface area contributed by atoms with Crippen molar-refractivity contribution in [3.05, 3.63) is 62.3 Å². The third-order valence-electron chi connectivity index (χ3n) is 2.93. The maximum Gasteiger partial charge on any atom is 0.255 e. The van der Waals surface area contributed by atoms with E-state index in [1.807, 2.05) is 13.0 Å². The molecule has 2 aromatic carbocycles. The lowest BCUT2D eigenvalue weighted by Gasteiger charge is -2.11. The summed E-state index contributed by atoms with van der Waals surface area (Å²) in [7, 11) is 0. The first kappa shape index (κ1) is 15.0. The lowest BCUT2D eigenvalue weighted by Crippen LogP contribution is -2.14. The smallest absolute Gasteiger partial charge is 0.255 e. The van der Waals surface area contributed by atoms with Crippen molar-refractivity contribution < 1.29 is 9.18 Å². The molecule has 0 heterocycles. The summed E-state index contributed by atoms with van der Waals surface area (Å²) in [6.07, 6.45) is 0. The van der Waals surface area contributed by atoms with Crippen molar-refractivity contribution in [1.29, 1.82) is 0 Å². The van der Waals surface area contributed by atoms with E-state index < -0.39 is 0 Å². The number of nitrogens with one attached hydrogen (secondary N) is 1. The van der Waals surface area contributed by atoms with Gasteiger partial charge in [0.1, 0.15) is 5.82 Å². The summed E-state index contributed by atoms with van der Waals surface area (Å²) < 4.78 is 13.8. The Morgan fingerprint density at radius 2 is 1.90 bits per heavy atom. The Morgan fingerprint density at radius 1 is 1.20 bits per heavy atom. The first-order valence-electron chi connectivity index (χ1n) is 5.91. The molecule has 0 radical (unpaired) electrons. The number of halogens is 3. The molecule has 104 valence electrons. The molecule has 0 spiro atoms. The van der Waals surface area contributed by atoms with E-state index in [-0.39, 0.29) is 11.7 Å². The molecule has 0 bridgehead atoms. The second kappa shape index (κ2) is 5.94. The Balaban J connectivity index is 2.30. The van der Waals surface area contributed by atoms with E-state index >= 15 is 0 Å². The number of amides is 1. The summed E-state index contributed by atoms with van der Waals surface area (Å²) in [6, 6.07) is 7.56. The fourth-order valence-electron chi connectivity index (χ4n) is 1.81. The maximum absolute atomic E-state index is 13.0. The molecule has 5 heteroatoms. The van der Waals surface area contributed by atoms with Crippen molar-refractivity contribution in [2.24, 2.45) is 0 Å². The Labute approximate surface area is 130 Å². The lowest BCUT2D eigenvalue weighted by atomic mass is 10.1. The molecule has 20 heavy (non-hydrogen) atoms. The standard InChI is InChI=1S/C15H12BrClFNO/c1-8-5-10(18)3-4-11(8)15(20)19-14-7-13(17)9(2)6-12(14)16/h3-7H,1-2H3,(H,19,20). The molecule has 2 nitrogen and oxygen atoms in total. The van der Waals surface area contributed by atoms with Crippen LogP contribution < -0.4 is 5.32 Å². The third-order valence-corrected chi connectivity index (χ3v) is 3.99. The van der Waals surface area contributed by atoms with Crippen molar-refractivity contribution in [2.45, 2.75) is 13.8 Å². The van der Waals surface area contributed by atoms with Gasteiger partial charge in [0.2, 0.25) is 0 Å². The van der Waals surface area contributed by atoms with Crippen molar-refractivity contribution in [1.82, 2.24) is 0 Å². The zero-order valence-corrected chi connectivity index (χ0v) is 13.3. The molecule has 0 aliphatic carbocycles. The van der Waals surface area contributed by atoms with Crippen LogP contribution in [0.5, 0.6) is 0 Å². The summed E-state index contributed by atoms with van der Waals surface area (Å²) in [4.78, 5) is 12.2. The highest BCUT2D eigenvalue weighted by Gasteiger charge is 2.12. The lowest BCUT2D eigenvalue weighted by molar-refractivity contribution is 0.102. The number of aryl methyl sites for hydroxylation is 2. The summed E-state index contributed by atoms with van der Waals surface area (Å²) in [5.74, 6) is -0.665. The molecule has 2 rings (SSSR count). The molecule has 0 atom stereocenters. The number of anilines is 1. The molecule has 0 saturated carbocycles. The minimum atomic E-state index is -0.362. The van der Waals surface area contributed by atoms with Crippen LogP contribution in [-0.2, 0) is 0 Å². The average molecular weight is 357 g/mol. The van der Waals surface area contributed by atoms with Gasteiger partial charge >= 0.3 is 0 Å². The summed E-state index contributed by atoms with van der Waals surface area (Å²) in [5.41, 5.74) is 2.50. The van der Waals surface area contributed by atoms with Gasteiger partial charge in [-0.15, -0.1) is 0 Å². The molecule has 0 saturated heterocycles. The normalized spacial score (nSPS) is 10.4. The van der Waals surface area contributed by atoms with Crippen LogP contribution in [0.2, 0.25) is 5.02 Å². The number of carbonyl (C=O) groups is 1. The van der Waals surface area contributed by atoms with Gasteiger partial charge in [-0.3, -0.25) is 4.79 Å². The molecule has 0 aliphatic heterocycles. The number of carbonyl (C=O) groups excluding carboxylic acids is 1. The number of rotatable bonds is 2. The van der Waals surface area contributed by atoms with Crippen LogP contribution in [0.1, 0.15) is 21.5 Å². The Morgan fingerprint density at radius 3 is 2.55 bits per heavy atom. The SMILES string of the molecule is Cc1cc(Br)c(NC(=O)c2ccc(F)cc2C)cc1Cl. The molecule has 2 aromatic rings. The van der Waals surface area contributed by atoms with Crippen LogP contribution in [-0.4, -0.2) is 5.91 Å². The van der Waals surface area contributed by atoms with Crippen molar-refractivity contribution in [2.75, 3.05) is 5.32 Å². The highest BCUT2D eigenvalue weighted by molar-refractivity contribution is 9.10. The largest absolute Gasteiger partial charge is 0.321 e. The van der Waals surface area contributed by atoms with Crippen LogP contribution in [0.4, 0.5) is 10.1 Å². The van der Waals surface area contributed by atoms with Crippen molar-refractivity contribution in [3.63, 3.8) is 0 Å². The molecule has 1 N–H and O–H groups in total. The average Bonchev–Trinajstić information content (AvgIpc) is 2.35. The van der Waals surface area contributed by atoms with Gasteiger partial charge < -0.3 is 5.32 Å². The van der Waals surface area contributed by atoms with Crippen LogP contribution in [0.15, 0.2) is 34.8 Å². The summed E-state index contributed by atoms with van der Waals surface area (Å²) in [5, 5.41) is 3.33. The maximum atomic E-state index is 13.0. The van der Waals surface area contributed by atoms with Gasteiger partial charge in [-0.25, -0.2) is 4.39 Å². The Hall–Kier alpha value is -1.39. The van der Waals surface area contributed by atoms with Crippen LogP contribution in [0.3, 0.4) is 0 Å². The number of benzene rings is 2. The van der Waals surface area contributed by atoms with Gasteiger partial charge in [-0.2, -0.15) is 0 Å². The summed E-state index contributed by atoms with van der Waals surface area (Å²) in [6.45, 7) is 3.57. The van der Waals surface area contributed by atoms with Crippen molar-refractivity contribution >= 4 is 39.1 Å². The molecular weight excluding hydrogens is 345 g/mol. The highest BCUT2D eigenvalue weighted by atomic mass is 79.9. The molecule has 0 aromatic heterocycles. The van der Waals surface area contributed by atoms with Crippen molar-refractivity contribution in [3.8, 4) is 0 Å². The predicted molar refractivity (Wildman–Crippen MR) is 83.0 cm³/mol. The molecule has 0 fully saturated rings. The zero-order chi connectivity index (χ0) is 14.9.